The molecule has 6 heteroatoms. The molecule has 0 saturated carbocycles. The Morgan fingerprint density at radius 3 is 2.37 bits per heavy atom. The summed E-state index contributed by atoms with van der Waals surface area (Å²) in [5.74, 6) is -2.13. The molecule has 0 atom stereocenters. The summed E-state index contributed by atoms with van der Waals surface area (Å²) in [6, 6.07) is 16.1. The normalized spacial score (nSPS) is 15.4. The van der Waals surface area contributed by atoms with Gasteiger partial charge in [0.2, 0.25) is 0 Å². The summed E-state index contributed by atoms with van der Waals surface area (Å²) in [6.45, 7) is 3.32. The largest absolute Gasteiger partial charge is 0.489 e. The topological polar surface area (TPSA) is 85.6 Å². The number of cyclic esters (lactones) is 2. The quantitative estimate of drug-likeness (QED) is 0.470. The summed E-state index contributed by atoms with van der Waals surface area (Å²) in [4.78, 5) is 24.1. The molecule has 0 N–H and O–H groups in total. The predicted octanol–water partition coefficient (Wildman–Crippen LogP) is 3.36. The second kappa shape index (κ2) is 7.34. The first-order valence-corrected chi connectivity index (χ1v) is 8.26. The van der Waals surface area contributed by atoms with Gasteiger partial charge in [-0.1, -0.05) is 24.3 Å². The Kier molecular flexibility index (Phi) is 4.95. The fraction of sp³-hybridized carbons (Fsp3) is 0.190. The van der Waals surface area contributed by atoms with Gasteiger partial charge in [0.1, 0.15) is 17.9 Å². The number of carbonyl (C=O) groups excluding carboxylic acids is 2. The zero-order chi connectivity index (χ0) is 19.4. The molecule has 0 spiro atoms. The van der Waals surface area contributed by atoms with Crippen LogP contribution >= 0.6 is 0 Å². The van der Waals surface area contributed by atoms with E-state index in [4.69, 9.17) is 19.5 Å². The van der Waals surface area contributed by atoms with Crippen molar-refractivity contribution in [1.82, 2.24) is 0 Å². The van der Waals surface area contributed by atoms with Crippen LogP contribution in [-0.4, -0.2) is 17.7 Å². The van der Waals surface area contributed by atoms with Crippen molar-refractivity contribution >= 4 is 18.0 Å². The van der Waals surface area contributed by atoms with Crippen molar-refractivity contribution in [3.63, 3.8) is 0 Å². The maximum Gasteiger partial charge on any atom is 0.348 e. The number of hydrogen-bond donors (Lipinski definition) is 0. The first-order chi connectivity index (χ1) is 12.9. The van der Waals surface area contributed by atoms with Gasteiger partial charge in [0.25, 0.3) is 5.79 Å². The van der Waals surface area contributed by atoms with Gasteiger partial charge in [-0.05, 0) is 41.5 Å². The summed E-state index contributed by atoms with van der Waals surface area (Å²) in [5.41, 5.74) is 1.94. The first kappa shape index (κ1) is 18.2. The third kappa shape index (κ3) is 4.53. The second-order valence-corrected chi connectivity index (χ2v) is 6.41. The van der Waals surface area contributed by atoms with Gasteiger partial charge < -0.3 is 14.2 Å². The maximum absolute atomic E-state index is 12.0. The molecule has 1 heterocycles. The third-order valence-electron chi connectivity index (χ3n) is 3.77. The van der Waals surface area contributed by atoms with Gasteiger partial charge in [-0.2, -0.15) is 5.26 Å². The molecule has 2 aromatic carbocycles. The van der Waals surface area contributed by atoms with Crippen molar-refractivity contribution in [3.05, 3.63) is 70.8 Å². The third-order valence-corrected chi connectivity index (χ3v) is 3.77. The van der Waals surface area contributed by atoms with Crippen LogP contribution in [0, 0.1) is 11.3 Å². The van der Waals surface area contributed by atoms with Crippen LogP contribution in [0.1, 0.15) is 30.5 Å². The lowest BCUT2D eigenvalue weighted by Gasteiger charge is -2.29. The molecule has 1 aliphatic rings. The average Bonchev–Trinajstić information content (AvgIpc) is 2.63. The summed E-state index contributed by atoms with van der Waals surface area (Å²) >= 11 is 0. The molecule has 1 saturated heterocycles. The lowest BCUT2D eigenvalue weighted by molar-refractivity contribution is -0.222. The summed E-state index contributed by atoms with van der Waals surface area (Å²) in [7, 11) is 0. The second-order valence-electron chi connectivity index (χ2n) is 6.41. The Labute approximate surface area is 156 Å². The van der Waals surface area contributed by atoms with Crippen LogP contribution in [0.3, 0.4) is 0 Å². The molecule has 0 unspecified atom stereocenters. The lowest BCUT2D eigenvalue weighted by Crippen LogP contribution is -2.41. The molecular weight excluding hydrogens is 346 g/mol. The van der Waals surface area contributed by atoms with Crippen LogP contribution in [0.15, 0.2) is 54.1 Å². The Morgan fingerprint density at radius 2 is 1.74 bits per heavy atom. The van der Waals surface area contributed by atoms with Crippen LogP contribution in [0.5, 0.6) is 5.75 Å². The van der Waals surface area contributed by atoms with Crippen LogP contribution in [0.25, 0.3) is 6.08 Å². The fourth-order valence-electron chi connectivity index (χ4n) is 2.48. The Hall–Kier alpha value is -3.59. The Morgan fingerprint density at radius 1 is 1.07 bits per heavy atom. The van der Waals surface area contributed by atoms with E-state index in [1.807, 2.05) is 12.1 Å². The number of hydrogen-bond acceptors (Lipinski definition) is 6. The van der Waals surface area contributed by atoms with Gasteiger partial charge in [0.05, 0.1) is 11.6 Å². The molecule has 136 valence electrons. The zero-order valence-electron chi connectivity index (χ0n) is 14.9. The minimum atomic E-state index is -1.27. The summed E-state index contributed by atoms with van der Waals surface area (Å²) < 4.78 is 15.9. The van der Waals surface area contributed by atoms with Crippen LogP contribution < -0.4 is 4.74 Å². The van der Waals surface area contributed by atoms with Crippen molar-refractivity contribution in [2.75, 3.05) is 0 Å². The fourth-order valence-corrected chi connectivity index (χ4v) is 2.48. The van der Waals surface area contributed by atoms with Crippen LogP contribution in [0.4, 0.5) is 0 Å². The number of nitrogens with zero attached hydrogens (tertiary/aromatic N) is 1. The van der Waals surface area contributed by atoms with E-state index < -0.39 is 17.7 Å². The van der Waals surface area contributed by atoms with Crippen LogP contribution in [0.2, 0.25) is 0 Å². The molecule has 0 aromatic heterocycles. The van der Waals surface area contributed by atoms with Crippen molar-refractivity contribution in [2.24, 2.45) is 0 Å². The first-order valence-electron chi connectivity index (χ1n) is 8.26. The molecule has 1 fully saturated rings. The molecule has 0 amide bonds. The predicted molar refractivity (Wildman–Crippen MR) is 96.2 cm³/mol. The monoisotopic (exact) mass is 363 g/mol. The summed E-state index contributed by atoms with van der Waals surface area (Å²) in [6.07, 6.45) is 1.41. The van der Waals surface area contributed by atoms with Crippen molar-refractivity contribution in [3.8, 4) is 11.8 Å². The highest BCUT2D eigenvalue weighted by Gasteiger charge is 2.38. The lowest BCUT2D eigenvalue weighted by atomic mass is 10.1. The van der Waals surface area contributed by atoms with E-state index in [1.54, 1.807) is 36.4 Å². The highest BCUT2D eigenvalue weighted by atomic mass is 16.7. The molecule has 0 bridgehead atoms. The average molecular weight is 363 g/mol. The zero-order valence-corrected chi connectivity index (χ0v) is 14.9. The smallest absolute Gasteiger partial charge is 0.348 e. The summed E-state index contributed by atoms with van der Waals surface area (Å²) in [5, 5.41) is 8.82. The number of esters is 2. The van der Waals surface area contributed by atoms with E-state index in [0.717, 1.165) is 5.56 Å². The standard InChI is InChI=1S/C21H17NO5/c1-21(2)26-19(23)18(20(24)27-21)11-16-4-3-5-17(10-16)25-13-15-8-6-14(12-22)7-9-15/h3-11H,13H2,1-2H3. The van der Waals surface area contributed by atoms with E-state index in [2.05, 4.69) is 6.07 Å². The molecule has 1 aliphatic heterocycles. The minimum absolute atomic E-state index is 0.168. The molecule has 0 radical (unpaired) electrons. The Balaban J connectivity index is 1.72. The van der Waals surface area contributed by atoms with E-state index in [1.165, 1.54) is 19.9 Å². The van der Waals surface area contributed by atoms with Gasteiger partial charge in [-0.25, -0.2) is 9.59 Å². The van der Waals surface area contributed by atoms with Crippen molar-refractivity contribution in [1.29, 1.82) is 5.26 Å². The van der Waals surface area contributed by atoms with E-state index >= 15 is 0 Å². The van der Waals surface area contributed by atoms with E-state index in [9.17, 15) is 9.59 Å². The van der Waals surface area contributed by atoms with Gasteiger partial charge in [0.15, 0.2) is 0 Å². The number of nitriles is 1. The van der Waals surface area contributed by atoms with Gasteiger partial charge in [0, 0.05) is 13.8 Å². The molecule has 0 aliphatic carbocycles. The maximum atomic E-state index is 12.0. The van der Waals surface area contributed by atoms with E-state index in [-0.39, 0.29) is 5.57 Å². The molecule has 6 nitrogen and oxygen atoms in total. The number of ether oxygens (including phenoxy) is 3. The van der Waals surface area contributed by atoms with Crippen LogP contribution in [-0.2, 0) is 25.7 Å². The van der Waals surface area contributed by atoms with Gasteiger partial charge in [-0.15, -0.1) is 0 Å². The molecule has 2 aromatic rings. The Bertz CT molecular complexity index is 929. The molecule has 3 rings (SSSR count). The molecular formula is C21H17NO5. The number of rotatable bonds is 4. The van der Waals surface area contributed by atoms with Gasteiger partial charge >= 0.3 is 11.9 Å². The highest BCUT2D eigenvalue weighted by molar-refractivity contribution is 6.18. The van der Waals surface area contributed by atoms with E-state index in [0.29, 0.717) is 23.5 Å². The highest BCUT2D eigenvalue weighted by Crippen LogP contribution is 2.25. The number of benzene rings is 2. The minimum Gasteiger partial charge on any atom is -0.489 e. The SMILES string of the molecule is CC1(C)OC(=O)C(=Cc2cccc(OCc3ccc(C#N)cc3)c2)C(=O)O1. The van der Waals surface area contributed by atoms with Gasteiger partial charge in [-0.3, -0.25) is 0 Å². The van der Waals surface area contributed by atoms with Crippen molar-refractivity contribution < 1.29 is 23.8 Å². The van der Waals surface area contributed by atoms with Crippen molar-refractivity contribution in [2.45, 2.75) is 26.2 Å². The number of carbonyl (C=O) groups is 2. The molecule has 27 heavy (non-hydrogen) atoms.